The van der Waals surface area contributed by atoms with Crippen molar-refractivity contribution in [2.24, 2.45) is 5.73 Å². The van der Waals surface area contributed by atoms with Crippen molar-refractivity contribution in [2.75, 3.05) is 18.9 Å². The second-order valence-electron chi connectivity index (χ2n) is 5.93. The number of likely N-dealkylation sites (N-methyl/N-ethyl adjacent to an activating group) is 1. The van der Waals surface area contributed by atoms with Gasteiger partial charge in [0.1, 0.15) is 11.9 Å². The number of nitrogens with two attached hydrogens (primary N) is 1. The SMILES string of the molecule is Cc1cc(Br)c(NC(=O)CN(C)C(C(N)=O)c2cccc(F)c2)c(Br)c1. The van der Waals surface area contributed by atoms with Gasteiger partial charge in [0.25, 0.3) is 0 Å². The largest absolute Gasteiger partial charge is 0.368 e. The second kappa shape index (κ2) is 8.75. The molecule has 1 unspecified atom stereocenters. The fourth-order valence-corrected chi connectivity index (χ4v) is 4.24. The molecule has 5 nitrogen and oxygen atoms in total. The molecule has 2 aromatic carbocycles. The Morgan fingerprint density at radius 3 is 2.38 bits per heavy atom. The maximum Gasteiger partial charge on any atom is 0.239 e. The first-order valence-electron chi connectivity index (χ1n) is 7.69. The summed E-state index contributed by atoms with van der Waals surface area (Å²) in [7, 11) is 1.58. The molecule has 8 heteroatoms. The summed E-state index contributed by atoms with van der Waals surface area (Å²) in [6.07, 6.45) is 0. The van der Waals surface area contributed by atoms with Gasteiger partial charge < -0.3 is 11.1 Å². The Labute approximate surface area is 168 Å². The van der Waals surface area contributed by atoms with Gasteiger partial charge in [0.2, 0.25) is 11.8 Å². The number of carbonyl (C=O) groups excluding carboxylic acids is 2. The van der Waals surface area contributed by atoms with Crippen LogP contribution in [0.2, 0.25) is 0 Å². The van der Waals surface area contributed by atoms with Gasteiger partial charge in [-0.05, 0) is 81.2 Å². The Hall–Kier alpha value is -1.77. The Morgan fingerprint density at radius 1 is 1.23 bits per heavy atom. The van der Waals surface area contributed by atoms with Gasteiger partial charge in [-0.25, -0.2) is 4.39 Å². The number of hydrogen-bond donors (Lipinski definition) is 2. The lowest BCUT2D eigenvalue weighted by Gasteiger charge is -2.25. The third-order valence-electron chi connectivity index (χ3n) is 3.72. The third-order valence-corrected chi connectivity index (χ3v) is 4.97. The lowest BCUT2D eigenvalue weighted by atomic mass is 10.0. The number of carbonyl (C=O) groups is 2. The first-order valence-corrected chi connectivity index (χ1v) is 9.28. The molecule has 0 aliphatic rings. The van der Waals surface area contributed by atoms with E-state index in [0.717, 1.165) is 14.5 Å². The van der Waals surface area contributed by atoms with Gasteiger partial charge >= 0.3 is 0 Å². The topological polar surface area (TPSA) is 75.4 Å². The zero-order chi connectivity index (χ0) is 19.4. The van der Waals surface area contributed by atoms with Gasteiger partial charge in [0, 0.05) is 8.95 Å². The van der Waals surface area contributed by atoms with Crippen LogP contribution in [-0.4, -0.2) is 30.3 Å². The first kappa shape index (κ1) is 20.5. The van der Waals surface area contributed by atoms with E-state index < -0.39 is 17.8 Å². The van der Waals surface area contributed by atoms with Crippen LogP contribution in [0.3, 0.4) is 0 Å². The standard InChI is InChI=1S/C18H18Br2FN3O2/c1-10-6-13(19)16(14(20)7-10)23-15(25)9-24(2)17(18(22)26)11-4-3-5-12(21)8-11/h3-8,17H,9H2,1-2H3,(H2,22,26)(H,23,25). The van der Waals surface area contributed by atoms with Gasteiger partial charge in [0.05, 0.1) is 12.2 Å². The van der Waals surface area contributed by atoms with Gasteiger partial charge in [-0.1, -0.05) is 12.1 Å². The van der Waals surface area contributed by atoms with Gasteiger partial charge in [-0.15, -0.1) is 0 Å². The maximum atomic E-state index is 13.5. The molecule has 26 heavy (non-hydrogen) atoms. The molecule has 0 saturated heterocycles. The number of benzene rings is 2. The molecule has 1 atom stereocenters. The highest BCUT2D eigenvalue weighted by Crippen LogP contribution is 2.32. The Balaban J connectivity index is 2.15. The van der Waals surface area contributed by atoms with E-state index >= 15 is 0 Å². The summed E-state index contributed by atoms with van der Waals surface area (Å²) >= 11 is 6.83. The fraction of sp³-hybridized carbons (Fsp3) is 0.222. The van der Waals surface area contributed by atoms with Crippen molar-refractivity contribution in [3.63, 3.8) is 0 Å². The smallest absolute Gasteiger partial charge is 0.239 e. The molecule has 0 radical (unpaired) electrons. The molecule has 0 spiro atoms. The van der Waals surface area contributed by atoms with Crippen molar-refractivity contribution < 1.29 is 14.0 Å². The molecule has 0 heterocycles. The maximum absolute atomic E-state index is 13.5. The molecule has 2 rings (SSSR count). The van der Waals surface area contributed by atoms with E-state index in [4.69, 9.17) is 5.73 Å². The summed E-state index contributed by atoms with van der Waals surface area (Å²) in [6.45, 7) is 1.84. The molecule has 0 aliphatic heterocycles. The van der Waals surface area contributed by atoms with E-state index in [1.807, 2.05) is 19.1 Å². The molecule has 0 bridgehead atoms. The van der Waals surface area contributed by atoms with Crippen molar-refractivity contribution in [1.29, 1.82) is 0 Å². The number of halogens is 3. The number of primary amides is 1. The minimum absolute atomic E-state index is 0.100. The number of aryl methyl sites for hydroxylation is 1. The number of nitrogens with zero attached hydrogens (tertiary/aromatic N) is 1. The average molecular weight is 487 g/mol. The normalized spacial score (nSPS) is 12.1. The monoisotopic (exact) mass is 485 g/mol. The number of hydrogen-bond acceptors (Lipinski definition) is 3. The van der Waals surface area contributed by atoms with Crippen LogP contribution in [0.15, 0.2) is 45.3 Å². The summed E-state index contributed by atoms with van der Waals surface area (Å²) in [4.78, 5) is 25.7. The highest BCUT2D eigenvalue weighted by atomic mass is 79.9. The summed E-state index contributed by atoms with van der Waals surface area (Å²) in [5.74, 6) is -1.47. The van der Waals surface area contributed by atoms with Crippen LogP contribution < -0.4 is 11.1 Å². The molecule has 0 fully saturated rings. The van der Waals surface area contributed by atoms with Crippen molar-refractivity contribution in [2.45, 2.75) is 13.0 Å². The van der Waals surface area contributed by atoms with Gasteiger partial charge in [-0.3, -0.25) is 14.5 Å². The molecular weight excluding hydrogens is 469 g/mol. The lowest BCUT2D eigenvalue weighted by Crippen LogP contribution is -2.39. The molecule has 138 valence electrons. The number of amides is 2. The molecule has 0 aromatic heterocycles. The van der Waals surface area contributed by atoms with Crippen LogP contribution in [-0.2, 0) is 9.59 Å². The van der Waals surface area contributed by atoms with Crippen LogP contribution in [0.1, 0.15) is 17.2 Å². The predicted octanol–water partition coefficient (Wildman–Crippen LogP) is 3.76. The Bertz CT molecular complexity index is 822. The van der Waals surface area contributed by atoms with Crippen molar-refractivity contribution >= 4 is 49.4 Å². The Morgan fingerprint density at radius 2 is 1.85 bits per heavy atom. The van der Waals surface area contributed by atoms with E-state index in [1.54, 1.807) is 13.1 Å². The Kier molecular flexibility index (Phi) is 6.91. The van der Waals surface area contributed by atoms with E-state index in [1.165, 1.54) is 23.1 Å². The highest BCUT2D eigenvalue weighted by molar-refractivity contribution is 9.11. The molecule has 0 aliphatic carbocycles. The highest BCUT2D eigenvalue weighted by Gasteiger charge is 2.25. The summed E-state index contributed by atoms with van der Waals surface area (Å²) < 4.78 is 14.9. The van der Waals surface area contributed by atoms with E-state index in [0.29, 0.717) is 11.3 Å². The zero-order valence-corrected chi connectivity index (χ0v) is 17.4. The number of anilines is 1. The fourth-order valence-electron chi connectivity index (χ4n) is 2.63. The molecular formula is C18H18Br2FN3O2. The molecule has 3 N–H and O–H groups in total. The van der Waals surface area contributed by atoms with E-state index in [-0.39, 0.29) is 12.5 Å². The van der Waals surface area contributed by atoms with Crippen LogP contribution in [0.25, 0.3) is 0 Å². The summed E-state index contributed by atoms with van der Waals surface area (Å²) in [5, 5.41) is 2.79. The van der Waals surface area contributed by atoms with Crippen LogP contribution in [0, 0.1) is 12.7 Å². The van der Waals surface area contributed by atoms with Crippen molar-refractivity contribution in [3.8, 4) is 0 Å². The quantitative estimate of drug-likeness (QED) is 0.652. The zero-order valence-electron chi connectivity index (χ0n) is 14.2. The minimum atomic E-state index is -0.915. The lowest BCUT2D eigenvalue weighted by molar-refractivity contribution is -0.124. The van der Waals surface area contributed by atoms with Crippen molar-refractivity contribution in [1.82, 2.24) is 4.90 Å². The van der Waals surface area contributed by atoms with Gasteiger partial charge in [0.15, 0.2) is 0 Å². The van der Waals surface area contributed by atoms with E-state index in [2.05, 4.69) is 37.2 Å². The molecule has 2 aromatic rings. The third kappa shape index (κ3) is 5.12. The second-order valence-corrected chi connectivity index (χ2v) is 7.64. The minimum Gasteiger partial charge on any atom is -0.368 e. The van der Waals surface area contributed by atoms with Gasteiger partial charge in [-0.2, -0.15) is 0 Å². The predicted molar refractivity (Wildman–Crippen MR) is 106 cm³/mol. The first-order chi connectivity index (χ1) is 12.2. The van der Waals surface area contributed by atoms with E-state index in [9.17, 15) is 14.0 Å². The van der Waals surface area contributed by atoms with Crippen molar-refractivity contribution in [3.05, 3.63) is 62.3 Å². The molecule has 2 amide bonds. The average Bonchev–Trinajstić information content (AvgIpc) is 2.50. The van der Waals surface area contributed by atoms with Crippen LogP contribution in [0.5, 0.6) is 0 Å². The number of rotatable bonds is 6. The molecule has 0 saturated carbocycles. The number of nitrogens with one attached hydrogen (secondary N) is 1. The van der Waals surface area contributed by atoms with Crippen LogP contribution >= 0.6 is 31.9 Å². The summed E-state index contributed by atoms with van der Waals surface area (Å²) in [5.41, 5.74) is 7.48. The van der Waals surface area contributed by atoms with Crippen LogP contribution in [0.4, 0.5) is 10.1 Å². The summed E-state index contributed by atoms with van der Waals surface area (Å²) in [6, 6.07) is 8.44.